The molecule has 0 bridgehead atoms. The first kappa shape index (κ1) is 25.4. The minimum absolute atomic E-state index is 0.0473. The van der Waals surface area contributed by atoms with E-state index in [1.807, 2.05) is 0 Å². The van der Waals surface area contributed by atoms with Crippen molar-refractivity contribution in [2.75, 3.05) is 36.0 Å². The number of amides is 1. The van der Waals surface area contributed by atoms with Crippen LogP contribution in [0.3, 0.4) is 0 Å². The molecular weight excluding hydrogens is 510 g/mol. The molecule has 1 spiro atoms. The summed E-state index contributed by atoms with van der Waals surface area (Å²) in [5, 5.41) is 9.02. The van der Waals surface area contributed by atoms with Gasteiger partial charge in [-0.05, 0) is 75.6 Å². The zero-order valence-corrected chi connectivity index (χ0v) is 20.5. The van der Waals surface area contributed by atoms with Crippen molar-refractivity contribution < 1.29 is 27.1 Å². The molecule has 1 aromatic carbocycles. The number of rotatable bonds is 6. The van der Waals surface area contributed by atoms with Gasteiger partial charge in [0, 0.05) is 24.5 Å². The summed E-state index contributed by atoms with van der Waals surface area (Å²) < 4.78 is 62.5. The van der Waals surface area contributed by atoms with Gasteiger partial charge in [-0.25, -0.2) is 9.37 Å². The molecule has 2 aromatic rings. The highest BCUT2D eigenvalue weighted by Crippen LogP contribution is 2.50. The lowest BCUT2D eigenvalue weighted by Gasteiger charge is -2.43. The number of carbonyl (C=O) groups is 1. The van der Waals surface area contributed by atoms with E-state index < -0.39 is 40.4 Å². The van der Waals surface area contributed by atoms with Gasteiger partial charge in [-0.1, -0.05) is 0 Å². The van der Waals surface area contributed by atoms with E-state index in [-0.39, 0.29) is 16.5 Å². The van der Waals surface area contributed by atoms with Gasteiger partial charge in [0.25, 0.3) is 5.91 Å². The zero-order valence-electron chi connectivity index (χ0n) is 19.7. The number of likely N-dealkylation sites (tertiary alicyclic amines) is 1. The second-order valence-corrected chi connectivity index (χ2v) is 9.68. The predicted octanol–water partition coefficient (Wildman–Crippen LogP) is 4.65. The van der Waals surface area contributed by atoms with Gasteiger partial charge in [0.05, 0.1) is 5.69 Å². The molecule has 194 valence electrons. The molecule has 0 atom stereocenters. The molecule has 12 heteroatoms. The van der Waals surface area contributed by atoms with Crippen LogP contribution in [0.1, 0.15) is 43.4 Å². The number of carbonyl (C=O) groups excluding carboxylic acids is 1. The van der Waals surface area contributed by atoms with Crippen molar-refractivity contribution in [3.05, 3.63) is 47.5 Å². The number of thiocarbonyl (C=S) groups is 1. The smallest absolute Gasteiger partial charge is 0.421 e. The number of hydrogen-bond donors (Lipinski definition) is 0. The fraction of sp³-hybridized carbons (Fsp3) is 0.440. The third-order valence-corrected chi connectivity index (χ3v) is 7.55. The number of hydrogen-bond acceptors (Lipinski definition) is 6. The number of ether oxygens (including phenoxy) is 1. The molecule has 2 aliphatic heterocycles. The predicted molar refractivity (Wildman–Crippen MR) is 131 cm³/mol. The Morgan fingerprint density at radius 2 is 1.89 bits per heavy atom. The normalized spacial score (nSPS) is 19.4. The fourth-order valence-electron chi connectivity index (χ4n) is 5.23. The molecule has 3 heterocycles. The Kier molecular flexibility index (Phi) is 6.53. The van der Waals surface area contributed by atoms with E-state index in [0.29, 0.717) is 32.4 Å². The largest absolute Gasteiger partial charge is 0.489 e. The van der Waals surface area contributed by atoms with Crippen LogP contribution in [0.4, 0.5) is 28.9 Å². The third kappa shape index (κ3) is 4.30. The van der Waals surface area contributed by atoms with Gasteiger partial charge in [-0.2, -0.15) is 18.4 Å². The lowest BCUT2D eigenvalue weighted by molar-refractivity contribution is -0.137. The second-order valence-electron chi connectivity index (χ2n) is 9.32. The van der Waals surface area contributed by atoms with E-state index in [2.05, 4.69) is 9.88 Å². The van der Waals surface area contributed by atoms with Crippen LogP contribution in [0.25, 0.3) is 0 Å². The number of benzene rings is 1. The van der Waals surface area contributed by atoms with Crippen LogP contribution in [-0.2, 0) is 11.0 Å². The van der Waals surface area contributed by atoms with Crippen molar-refractivity contribution in [2.45, 2.75) is 43.8 Å². The topological polar surface area (TPSA) is 72.7 Å². The van der Waals surface area contributed by atoms with Crippen molar-refractivity contribution in [2.24, 2.45) is 0 Å². The number of pyridine rings is 1. The van der Waals surface area contributed by atoms with Crippen LogP contribution < -0.4 is 14.5 Å². The molecule has 3 fully saturated rings. The number of anilines is 2. The van der Waals surface area contributed by atoms with Crippen molar-refractivity contribution in [3.63, 3.8) is 0 Å². The number of nitriles is 1. The van der Waals surface area contributed by atoms with Crippen molar-refractivity contribution >= 4 is 34.6 Å². The first-order chi connectivity index (χ1) is 17.7. The molecule has 1 amide bonds. The van der Waals surface area contributed by atoms with Crippen LogP contribution in [0.5, 0.6) is 5.75 Å². The Balaban J connectivity index is 1.46. The molecule has 7 nitrogen and oxygen atoms in total. The molecule has 2 saturated heterocycles. The number of halogens is 4. The molecule has 1 aliphatic carbocycles. The summed E-state index contributed by atoms with van der Waals surface area (Å²) in [6.07, 6.45) is -0.305. The van der Waals surface area contributed by atoms with Gasteiger partial charge in [-0.3, -0.25) is 14.6 Å². The van der Waals surface area contributed by atoms with E-state index in [1.165, 1.54) is 23.1 Å². The van der Waals surface area contributed by atoms with E-state index in [0.717, 1.165) is 43.1 Å². The maximum atomic E-state index is 15.0. The standard InChI is InChI=1S/C25H23F4N5O2S/c26-17-14-16(4-5-20(17)36-13-12-32-10-1-2-11-32)34-23(37)33(22(35)24(34)7-3-8-24)19-6-9-31-18(15-30)21(19)25(27,28)29/h4-6,9,14H,1-3,7-8,10-13H2. The highest BCUT2D eigenvalue weighted by Gasteiger charge is 2.60. The van der Waals surface area contributed by atoms with Crippen LogP contribution in [-0.4, -0.2) is 52.7 Å². The minimum Gasteiger partial charge on any atom is -0.489 e. The molecule has 5 rings (SSSR count). The maximum Gasteiger partial charge on any atom is 0.421 e. The Hall–Kier alpha value is -3.30. The quantitative estimate of drug-likeness (QED) is 0.396. The summed E-state index contributed by atoms with van der Waals surface area (Å²) in [6.45, 7) is 2.99. The molecule has 1 saturated carbocycles. The SMILES string of the molecule is N#Cc1nccc(N2C(=O)C3(CCC3)N(c3ccc(OCCN4CCCC4)c(F)c3)C2=S)c1C(F)(F)F. The van der Waals surface area contributed by atoms with Crippen LogP contribution in [0.15, 0.2) is 30.5 Å². The van der Waals surface area contributed by atoms with E-state index in [4.69, 9.17) is 17.0 Å². The molecule has 0 N–H and O–H groups in total. The highest BCUT2D eigenvalue weighted by molar-refractivity contribution is 7.81. The Bertz CT molecular complexity index is 1280. The van der Waals surface area contributed by atoms with Crippen molar-refractivity contribution in [1.29, 1.82) is 5.26 Å². The minimum atomic E-state index is -4.95. The average molecular weight is 534 g/mol. The second kappa shape index (κ2) is 9.54. The lowest BCUT2D eigenvalue weighted by Crippen LogP contribution is -2.55. The summed E-state index contributed by atoms with van der Waals surface area (Å²) in [5.41, 5.74) is -3.74. The molecule has 0 radical (unpaired) electrons. The summed E-state index contributed by atoms with van der Waals surface area (Å²) in [7, 11) is 0. The molecule has 1 aromatic heterocycles. The van der Waals surface area contributed by atoms with E-state index in [1.54, 1.807) is 6.07 Å². The van der Waals surface area contributed by atoms with Gasteiger partial charge in [-0.15, -0.1) is 0 Å². The van der Waals surface area contributed by atoms with Gasteiger partial charge in [0.2, 0.25) is 0 Å². The van der Waals surface area contributed by atoms with Crippen molar-refractivity contribution in [1.82, 2.24) is 9.88 Å². The number of nitrogens with zero attached hydrogens (tertiary/aromatic N) is 5. The number of alkyl halides is 3. The highest BCUT2D eigenvalue weighted by atomic mass is 32.1. The van der Waals surface area contributed by atoms with Gasteiger partial charge < -0.3 is 9.64 Å². The van der Waals surface area contributed by atoms with Crippen LogP contribution in [0, 0.1) is 17.1 Å². The monoisotopic (exact) mass is 533 g/mol. The summed E-state index contributed by atoms with van der Waals surface area (Å²) >= 11 is 5.52. The van der Waals surface area contributed by atoms with Gasteiger partial charge in [0.15, 0.2) is 22.4 Å². The van der Waals surface area contributed by atoms with Crippen molar-refractivity contribution in [3.8, 4) is 11.8 Å². The summed E-state index contributed by atoms with van der Waals surface area (Å²) in [5.74, 6) is -1.25. The van der Waals surface area contributed by atoms with E-state index in [9.17, 15) is 23.2 Å². The zero-order chi connectivity index (χ0) is 26.4. The lowest BCUT2D eigenvalue weighted by atomic mass is 9.75. The third-order valence-electron chi connectivity index (χ3n) is 7.19. The van der Waals surface area contributed by atoms with Gasteiger partial charge in [0.1, 0.15) is 23.8 Å². The molecule has 37 heavy (non-hydrogen) atoms. The van der Waals surface area contributed by atoms with Gasteiger partial charge >= 0.3 is 6.18 Å². The fourth-order valence-corrected chi connectivity index (χ4v) is 5.69. The first-order valence-electron chi connectivity index (χ1n) is 12.0. The average Bonchev–Trinajstić information content (AvgIpc) is 3.42. The Labute approximate surface area is 216 Å². The van der Waals surface area contributed by atoms with Crippen LogP contribution >= 0.6 is 12.2 Å². The molecule has 0 unspecified atom stereocenters. The maximum absolute atomic E-state index is 15.0. The summed E-state index contributed by atoms with van der Waals surface area (Å²) in [6, 6.07) is 6.64. The van der Waals surface area contributed by atoms with E-state index >= 15 is 4.39 Å². The first-order valence-corrected chi connectivity index (χ1v) is 12.4. The summed E-state index contributed by atoms with van der Waals surface area (Å²) in [4.78, 5) is 21.6. The Morgan fingerprint density at radius 3 is 2.49 bits per heavy atom. The number of aromatic nitrogens is 1. The van der Waals surface area contributed by atoms with Crippen LogP contribution in [0.2, 0.25) is 0 Å². The molecule has 3 aliphatic rings. The molecular formula is C25H23F4N5O2S. The Morgan fingerprint density at radius 1 is 1.16 bits per heavy atom.